The van der Waals surface area contributed by atoms with E-state index in [-0.39, 0.29) is 6.04 Å². The molecule has 0 aliphatic carbocycles. The van der Waals surface area contributed by atoms with E-state index in [0.717, 1.165) is 29.7 Å². The van der Waals surface area contributed by atoms with E-state index in [2.05, 4.69) is 43.3 Å². The predicted octanol–water partition coefficient (Wildman–Crippen LogP) is 2.08. The lowest BCUT2D eigenvalue weighted by Gasteiger charge is -2.30. The Bertz CT molecular complexity index is 631. The van der Waals surface area contributed by atoms with Crippen LogP contribution in [0.15, 0.2) is 27.2 Å². The molecule has 1 aromatic heterocycles. The highest BCUT2D eigenvalue weighted by Crippen LogP contribution is 2.32. The molecule has 0 amide bonds. The van der Waals surface area contributed by atoms with Gasteiger partial charge in [-0.05, 0) is 25.2 Å². The second kappa shape index (κ2) is 6.13. The number of nitrogens with zero attached hydrogens (tertiary/aromatic N) is 3. The van der Waals surface area contributed by atoms with E-state index in [1.807, 2.05) is 18.2 Å². The molecule has 0 spiro atoms. The highest BCUT2D eigenvalue weighted by molar-refractivity contribution is 9.10. The van der Waals surface area contributed by atoms with Gasteiger partial charge in [0.1, 0.15) is 5.75 Å². The first-order valence-electron chi connectivity index (χ1n) is 6.77. The zero-order chi connectivity index (χ0) is 14.8. The van der Waals surface area contributed by atoms with E-state index in [1.54, 1.807) is 7.11 Å². The van der Waals surface area contributed by atoms with Crippen molar-refractivity contribution in [3.05, 3.63) is 28.5 Å². The lowest BCUT2D eigenvalue weighted by molar-refractivity contribution is 0.190. The highest BCUT2D eigenvalue weighted by atomic mass is 79.9. The van der Waals surface area contributed by atoms with Crippen molar-refractivity contribution < 1.29 is 9.26 Å². The summed E-state index contributed by atoms with van der Waals surface area (Å²) in [5.74, 6) is 1.88. The molecule has 1 aromatic carbocycles. The number of halogens is 1. The fourth-order valence-electron chi connectivity index (χ4n) is 2.42. The lowest BCUT2D eigenvalue weighted by atomic mass is 10.2. The minimum Gasteiger partial charge on any atom is -0.496 e. The van der Waals surface area contributed by atoms with Crippen molar-refractivity contribution in [1.29, 1.82) is 0 Å². The SMILES string of the molecule is COc1cc(Br)ccc1-c1nc(C2CNCCN2C)no1. The van der Waals surface area contributed by atoms with Gasteiger partial charge < -0.3 is 14.6 Å². The number of methoxy groups -OCH3 is 1. The van der Waals surface area contributed by atoms with Gasteiger partial charge in [0, 0.05) is 24.1 Å². The van der Waals surface area contributed by atoms with Gasteiger partial charge in [-0.25, -0.2) is 0 Å². The minimum absolute atomic E-state index is 0.137. The molecule has 6 nitrogen and oxygen atoms in total. The third kappa shape index (κ3) is 2.95. The van der Waals surface area contributed by atoms with Crippen LogP contribution >= 0.6 is 15.9 Å². The van der Waals surface area contributed by atoms with Gasteiger partial charge in [-0.1, -0.05) is 21.1 Å². The molecule has 1 atom stereocenters. The van der Waals surface area contributed by atoms with Crippen LogP contribution in [0.4, 0.5) is 0 Å². The van der Waals surface area contributed by atoms with E-state index >= 15 is 0 Å². The highest BCUT2D eigenvalue weighted by Gasteiger charge is 2.26. The van der Waals surface area contributed by atoms with Crippen LogP contribution in [0.5, 0.6) is 5.75 Å². The second-order valence-electron chi connectivity index (χ2n) is 5.00. The summed E-state index contributed by atoms with van der Waals surface area (Å²) >= 11 is 3.42. The van der Waals surface area contributed by atoms with Crippen LogP contribution < -0.4 is 10.1 Å². The van der Waals surface area contributed by atoms with Crippen molar-refractivity contribution in [2.75, 3.05) is 33.8 Å². The maximum atomic E-state index is 5.42. The zero-order valence-electron chi connectivity index (χ0n) is 12.0. The first-order valence-corrected chi connectivity index (χ1v) is 7.57. The molecule has 21 heavy (non-hydrogen) atoms. The van der Waals surface area contributed by atoms with Gasteiger partial charge in [-0.15, -0.1) is 0 Å². The average Bonchev–Trinajstić information content (AvgIpc) is 2.97. The maximum absolute atomic E-state index is 5.42. The molecule has 1 fully saturated rings. The van der Waals surface area contributed by atoms with Crippen LogP contribution in [0.3, 0.4) is 0 Å². The lowest BCUT2D eigenvalue weighted by Crippen LogP contribution is -2.44. The molecule has 112 valence electrons. The van der Waals surface area contributed by atoms with E-state index in [9.17, 15) is 0 Å². The summed E-state index contributed by atoms with van der Waals surface area (Å²) in [5, 5.41) is 7.48. The monoisotopic (exact) mass is 352 g/mol. The summed E-state index contributed by atoms with van der Waals surface area (Å²) in [7, 11) is 3.70. The second-order valence-corrected chi connectivity index (χ2v) is 5.92. The standard InChI is InChI=1S/C14H17BrN4O2/c1-19-6-5-16-8-11(19)13-17-14(21-18-13)10-4-3-9(15)7-12(10)20-2/h3-4,7,11,16H,5-6,8H2,1-2H3. The molecule has 0 radical (unpaired) electrons. The maximum Gasteiger partial charge on any atom is 0.261 e. The fourth-order valence-corrected chi connectivity index (χ4v) is 2.76. The van der Waals surface area contributed by atoms with E-state index in [4.69, 9.17) is 9.26 Å². The number of likely N-dealkylation sites (N-methyl/N-ethyl adjacent to an activating group) is 1. The minimum atomic E-state index is 0.137. The summed E-state index contributed by atoms with van der Waals surface area (Å²) < 4.78 is 11.7. The molecule has 1 saturated heterocycles. The van der Waals surface area contributed by atoms with Gasteiger partial charge in [0.2, 0.25) is 0 Å². The number of ether oxygens (including phenoxy) is 1. The molecule has 1 aliphatic heterocycles. The molecular weight excluding hydrogens is 336 g/mol. The Labute approximate surface area is 131 Å². The topological polar surface area (TPSA) is 63.4 Å². The number of nitrogens with one attached hydrogen (secondary N) is 1. The van der Waals surface area contributed by atoms with Crippen LogP contribution in [0.25, 0.3) is 11.5 Å². The van der Waals surface area contributed by atoms with E-state index < -0.39 is 0 Å². The zero-order valence-corrected chi connectivity index (χ0v) is 13.6. The Balaban J connectivity index is 1.91. The molecule has 0 saturated carbocycles. The Morgan fingerprint density at radius 2 is 2.33 bits per heavy atom. The van der Waals surface area contributed by atoms with E-state index in [0.29, 0.717) is 17.5 Å². The molecule has 2 heterocycles. The summed E-state index contributed by atoms with van der Waals surface area (Å²) in [6.07, 6.45) is 0. The smallest absolute Gasteiger partial charge is 0.261 e. The normalized spacial score (nSPS) is 19.7. The first kappa shape index (κ1) is 14.5. The first-order chi connectivity index (χ1) is 10.2. The molecule has 1 aliphatic rings. The number of hydrogen-bond donors (Lipinski definition) is 1. The summed E-state index contributed by atoms with van der Waals surface area (Å²) in [5.41, 5.74) is 0.797. The summed E-state index contributed by atoms with van der Waals surface area (Å²) in [6.45, 7) is 2.78. The molecule has 2 aromatic rings. The van der Waals surface area contributed by atoms with Gasteiger partial charge in [-0.3, -0.25) is 4.90 Å². The van der Waals surface area contributed by atoms with Crippen molar-refractivity contribution in [2.45, 2.75) is 6.04 Å². The third-order valence-corrected chi connectivity index (χ3v) is 4.14. The largest absolute Gasteiger partial charge is 0.496 e. The van der Waals surface area contributed by atoms with Crippen LogP contribution in [0, 0.1) is 0 Å². The molecular formula is C14H17BrN4O2. The summed E-state index contributed by atoms with van der Waals surface area (Å²) in [4.78, 5) is 6.76. The van der Waals surface area contributed by atoms with Crippen molar-refractivity contribution in [3.8, 4) is 17.2 Å². The van der Waals surface area contributed by atoms with Gasteiger partial charge in [0.05, 0.1) is 18.7 Å². The molecule has 7 heteroatoms. The predicted molar refractivity (Wildman–Crippen MR) is 82.2 cm³/mol. The fraction of sp³-hybridized carbons (Fsp3) is 0.429. The number of benzene rings is 1. The molecule has 0 bridgehead atoms. The number of hydrogen-bond acceptors (Lipinski definition) is 6. The van der Waals surface area contributed by atoms with Crippen LogP contribution in [0.2, 0.25) is 0 Å². The van der Waals surface area contributed by atoms with Crippen LogP contribution in [-0.2, 0) is 0 Å². The average molecular weight is 353 g/mol. The Hall–Kier alpha value is -1.44. The van der Waals surface area contributed by atoms with Crippen LogP contribution in [-0.4, -0.2) is 48.8 Å². The van der Waals surface area contributed by atoms with Crippen LogP contribution in [0.1, 0.15) is 11.9 Å². The molecule has 1 unspecified atom stereocenters. The van der Waals surface area contributed by atoms with Gasteiger partial charge >= 0.3 is 0 Å². The van der Waals surface area contributed by atoms with E-state index in [1.165, 1.54) is 0 Å². The number of rotatable bonds is 3. The Morgan fingerprint density at radius 3 is 3.10 bits per heavy atom. The van der Waals surface area contributed by atoms with Gasteiger partial charge in [0.15, 0.2) is 5.82 Å². The molecule has 1 N–H and O–H groups in total. The number of piperazine rings is 1. The number of aromatic nitrogens is 2. The quantitative estimate of drug-likeness (QED) is 0.912. The van der Waals surface area contributed by atoms with Crippen molar-refractivity contribution in [2.24, 2.45) is 0 Å². The van der Waals surface area contributed by atoms with Crippen molar-refractivity contribution in [1.82, 2.24) is 20.4 Å². The van der Waals surface area contributed by atoms with Gasteiger partial charge in [0.25, 0.3) is 5.89 Å². The van der Waals surface area contributed by atoms with Crippen molar-refractivity contribution in [3.63, 3.8) is 0 Å². The molecule has 3 rings (SSSR count). The Kier molecular flexibility index (Phi) is 4.23. The third-order valence-electron chi connectivity index (χ3n) is 3.64. The van der Waals surface area contributed by atoms with Gasteiger partial charge in [-0.2, -0.15) is 4.98 Å². The summed E-state index contributed by atoms with van der Waals surface area (Å²) in [6, 6.07) is 5.85. The van der Waals surface area contributed by atoms with Crippen molar-refractivity contribution >= 4 is 15.9 Å². The Morgan fingerprint density at radius 1 is 1.48 bits per heavy atom.